The molecular formula is C16H12Cl2N4O2. The number of nitrogens with zero attached hydrogens (tertiary/aromatic N) is 2. The van der Waals surface area contributed by atoms with Gasteiger partial charge < -0.3 is 10.6 Å². The van der Waals surface area contributed by atoms with Crippen LogP contribution < -0.4 is 16.2 Å². The zero-order valence-electron chi connectivity index (χ0n) is 12.5. The van der Waals surface area contributed by atoms with E-state index in [0.717, 1.165) is 0 Å². The smallest absolute Gasteiger partial charge is 0.308 e. The summed E-state index contributed by atoms with van der Waals surface area (Å²) in [5, 5.41) is 5.89. The Morgan fingerprint density at radius 2 is 1.83 bits per heavy atom. The summed E-state index contributed by atoms with van der Waals surface area (Å²) >= 11 is 11.8. The van der Waals surface area contributed by atoms with Gasteiger partial charge in [0.25, 0.3) is 5.56 Å². The zero-order chi connectivity index (χ0) is 17.3. The predicted octanol–water partition coefficient (Wildman–Crippen LogP) is 3.95. The molecule has 122 valence electrons. The molecule has 1 aromatic carbocycles. The summed E-state index contributed by atoms with van der Waals surface area (Å²) in [6, 6.07) is 9.26. The van der Waals surface area contributed by atoms with Crippen LogP contribution in [0.5, 0.6) is 0 Å². The number of hydrogen-bond donors (Lipinski definition) is 2. The summed E-state index contributed by atoms with van der Waals surface area (Å²) in [6.07, 6.45) is 1.59. The molecule has 0 saturated heterocycles. The van der Waals surface area contributed by atoms with Gasteiger partial charge in [0.2, 0.25) is 0 Å². The summed E-state index contributed by atoms with van der Waals surface area (Å²) in [5.41, 5.74) is 1.08. The number of nitrogens with one attached hydrogen (secondary N) is 2. The molecule has 0 atom stereocenters. The molecule has 3 rings (SSSR count). The Morgan fingerprint density at radius 1 is 1.12 bits per heavy atom. The van der Waals surface area contributed by atoms with Crippen molar-refractivity contribution >= 4 is 46.3 Å². The second-order valence-corrected chi connectivity index (χ2v) is 5.92. The lowest BCUT2D eigenvalue weighted by Gasteiger charge is -2.11. The third-order valence-corrected chi connectivity index (χ3v) is 3.71. The van der Waals surface area contributed by atoms with Crippen molar-refractivity contribution in [2.75, 3.05) is 10.6 Å². The number of anilines is 2. The number of rotatable bonds is 2. The topological polar surface area (TPSA) is 75.5 Å². The Labute approximate surface area is 147 Å². The molecule has 0 aliphatic heterocycles. The number of carbonyl (C=O) groups is 1. The van der Waals surface area contributed by atoms with Gasteiger partial charge in [-0.15, -0.1) is 0 Å². The van der Waals surface area contributed by atoms with Crippen LogP contribution in [-0.4, -0.2) is 15.4 Å². The molecule has 0 fully saturated rings. The highest BCUT2D eigenvalue weighted by Gasteiger charge is 2.13. The first-order valence-corrected chi connectivity index (χ1v) is 7.72. The minimum atomic E-state index is -0.591. The molecule has 6 nitrogen and oxygen atoms in total. The maximum Gasteiger partial charge on any atom is 0.323 e. The lowest BCUT2D eigenvalue weighted by atomic mass is 10.3. The Kier molecular flexibility index (Phi) is 4.42. The summed E-state index contributed by atoms with van der Waals surface area (Å²) < 4.78 is 1.36. The van der Waals surface area contributed by atoms with Crippen LogP contribution in [0, 0.1) is 6.92 Å². The Bertz CT molecular complexity index is 981. The second kappa shape index (κ2) is 6.51. The van der Waals surface area contributed by atoms with Gasteiger partial charge in [-0.3, -0.25) is 9.20 Å². The fourth-order valence-corrected chi connectivity index (χ4v) is 2.77. The molecule has 0 saturated carbocycles. The van der Waals surface area contributed by atoms with E-state index in [-0.39, 0.29) is 11.2 Å². The average Bonchev–Trinajstić information content (AvgIpc) is 2.50. The van der Waals surface area contributed by atoms with Crippen molar-refractivity contribution in [2.24, 2.45) is 0 Å². The number of hydrogen-bond acceptors (Lipinski definition) is 3. The van der Waals surface area contributed by atoms with Crippen LogP contribution in [0.15, 0.2) is 47.4 Å². The summed E-state index contributed by atoms with van der Waals surface area (Å²) in [5.74, 6) is 0. The highest BCUT2D eigenvalue weighted by molar-refractivity contribution is 6.35. The van der Waals surface area contributed by atoms with Gasteiger partial charge in [-0.25, -0.2) is 9.78 Å². The average molecular weight is 363 g/mol. The van der Waals surface area contributed by atoms with Crippen molar-refractivity contribution in [1.82, 2.24) is 9.38 Å². The van der Waals surface area contributed by atoms with Crippen molar-refractivity contribution in [3.05, 3.63) is 68.7 Å². The molecule has 2 aromatic heterocycles. The van der Waals surface area contributed by atoms with Crippen molar-refractivity contribution in [2.45, 2.75) is 6.92 Å². The van der Waals surface area contributed by atoms with Gasteiger partial charge in [0, 0.05) is 21.9 Å². The van der Waals surface area contributed by atoms with E-state index in [9.17, 15) is 9.59 Å². The number of aryl methyl sites for hydroxylation is 1. The van der Waals surface area contributed by atoms with Gasteiger partial charge in [0.05, 0.1) is 5.69 Å². The van der Waals surface area contributed by atoms with Crippen LogP contribution in [0.3, 0.4) is 0 Å². The highest BCUT2D eigenvalue weighted by Crippen LogP contribution is 2.22. The summed E-state index contributed by atoms with van der Waals surface area (Å²) in [6.45, 7) is 1.65. The van der Waals surface area contributed by atoms with Gasteiger partial charge in [0.15, 0.2) is 0 Å². The van der Waals surface area contributed by atoms with E-state index in [0.29, 0.717) is 27.1 Å². The number of carbonyl (C=O) groups excluding carboxylic acids is 1. The number of benzene rings is 1. The molecule has 0 aliphatic carbocycles. The third kappa shape index (κ3) is 3.34. The molecule has 0 aliphatic rings. The van der Waals surface area contributed by atoms with Crippen molar-refractivity contribution < 1.29 is 4.79 Å². The lowest BCUT2D eigenvalue weighted by Crippen LogP contribution is -2.27. The number of aromatic nitrogens is 2. The molecule has 0 spiro atoms. The van der Waals surface area contributed by atoms with Crippen LogP contribution in [0.1, 0.15) is 5.69 Å². The van der Waals surface area contributed by atoms with Crippen LogP contribution in [0.4, 0.5) is 16.2 Å². The number of fused-ring (bicyclic) bond motifs is 1. The number of halogens is 2. The molecule has 0 bridgehead atoms. The second-order valence-electron chi connectivity index (χ2n) is 5.04. The summed E-state index contributed by atoms with van der Waals surface area (Å²) in [7, 11) is 0. The molecule has 2 heterocycles. The van der Waals surface area contributed by atoms with Gasteiger partial charge >= 0.3 is 6.03 Å². The third-order valence-electron chi connectivity index (χ3n) is 3.27. The van der Waals surface area contributed by atoms with E-state index in [4.69, 9.17) is 23.2 Å². The Morgan fingerprint density at radius 3 is 2.54 bits per heavy atom. The number of amides is 2. The van der Waals surface area contributed by atoms with E-state index in [1.54, 1.807) is 49.5 Å². The SMILES string of the molecule is Cc1nc2ccccn2c(=O)c1NC(=O)Nc1cc(Cl)cc(Cl)c1. The lowest BCUT2D eigenvalue weighted by molar-refractivity contribution is 0.262. The van der Waals surface area contributed by atoms with Gasteiger partial charge in [-0.1, -0.05) is 29.3 Å². The molecule has 0 unspecified atom stereocenters. The van der Waals surface area contributed by atoms with Crippen LogP contribution in [0.25, 0.3) is 5.65 Å². The van der Waals surface area contributed by atoms with Crippen molar-refractivity contribution in [3.8, 4) is 0 Å². The highest BCUT2D eigenvalue weighted by atomic mass is 35.5. The van der Waals surface area contributed by atoms with Crippen LogP contribution in [-0.2, 0) is 0 Å². The van der Waals surface area contributed by atoms with E-state index >= 15 is 0 Å². The van der Waals surface area contributed by atoms with E-state index in [1.807, 2.05) is 0 Å². The number of urea groups is 1. The van der Waals surface area contributed by atoms with Crippen molar-refractivity contribution in [3.63, 3.8) is 0 Å². The van der Waals surface area contributed by atoms with Crippen LogP contribution in [0.2, 0.25) is 10.0 Å². The van der Waals surface area contributed by atoms with E-state index in [1.165, 1.54) is 4.40 Å². The first-order chi connectivity index (χ1) is 11.4. The molecule has 24 heavy (non-hydrogen) atoms. The van der Waals surface area contributed by atoms with Gasteiger partial charge in [-0.2, -0.15) is 0 Å². The fourth-order valence-electron chi connectivity index (χ4n) is 2.25. The van der Waals surface area contributed by atoms with Crippen molar-refractivity contribution in [1.29, 1.82) is 0 Å². The monoisotopic (exact) mass is 362 g/mol. The quantitative estimate of drug-likeness (QED) is 0.724. The van der Waals surface area contributed by atoms with E-state index in [2.05, 4.69) is 15.6 Å². The zero-order valence-corrected chi connectivity index (χ0v) is 14.0. The maximum absolute atomic E-state index is 12.5. The number of pyridine rings is 1. The van der Waals surface area contributed by atoms with Gasteiger partial charge in [0.1, 0.15) is 11.3 Å². The first kappa shape index (κ1) is 16.3. The van der Waals surface area contributed by atoms with Gasteiger partial charge in [-0.05, 0) is 37.3 Å². The normalized spacial score (nSPS) is 10.6. The standard InChI is InChI=1S/C16H12Cl2N4O2/c1-9-14(15(23)22-5-3-2-4-13(22)19-9)21-16(24)20-12-7-10(17)6-11(18)8-12/h2-8H,1H3,(H2,20,21,24). The molecule has 8 heteroatoms. The minimum Gasteiger partial charge on any atom is -0.308 e. The fraction of sp³-hybridized carbons (Fsp3) is 0.0625. The maximum atomic E-state index is 12.5. The molecule has 2 N–H and O–H groups in total. The Hall–Kier alpha value is -2.57. The minimum absolute atomic E-state index is 0.101. The molecule has 2 amide bonds. The Balaban J connectivity index is 1.89. The molecule has 0 radical (unpaired) electrons. The van der Waals surface area contributed by atoms with E-state index < -0.39 is 6.03 Å². The summed E-state index contributed by atoms with van der Waals surface area (Å²) in [4.78, 5) is 28.9. The van der Waals surface area contributed by atoms with Crippen LogP contribution >= 0.6 is 23.2 Å². The first-order valence-electron chi connectivity index (χ1n) is 6.96. The molecular weight excluding hydrogens is 351 g/mol. The molecule has 3 aromatic rings. The largest absolute Gasteiger partial charge is 0.323 e. The predicted molar refractivity (Wildman–Crippen MR) is 95.3 cm³/mol.